The minimum Gasteiger partial charge on any atom is -0.492 e. The minimum atomic E-state index is -0.314. The molecule has 1 amide bonds. The normalized spacial score (nSPS) is 16.1. The van der Waals surface area contributed by atoms with Crippen LogP contribution in [0.1, 0.15) is 12.5 Å². The topological polar surface area (TPSA) is 29.5 Å². The first-order chi connectivity index (χ1) is 11.6. The average Bonchev–Trinajstić information content (AvgIpc) is 2.85. The number of para-hydroxylation sites is 2. The Kier molecular flexibility index (Phi) is 4.97. The summed E-state index contributed by atoms with van der Waals surface area (Å²) in [7, 11) is 0. The van der Waals surface area contributed by atoms with Crippen molar-refractivity contribution in [2.45, 2.75) is 6.92 Å². The second kappa shape index (κ2) is 7.15. The molecule has 0 saturated carbocycles. The van der Waals surface area contributed by atoms with Crippen molar-refractivity contribution in [3.05, 3.63) is 64.8 Å². The van der Waals surface area contributed by atoms with E-state index in [1.807, 2.05) is 19.1 Å². The maximum atomic E-state index is 13.0. The molecule has 2 aromatic carbocycles. The van der Waals surface area contributed by atoms with Gasteiger partial charge in [-0.1, -0.05) is 48.2 Å². The summed E-state index contributed by atoms with van der Waals surface area (Å²) < 4.78 is 19.0. The Labute approximate surface area is 149 Å². The van der Waals surface area contributed by atoms with Gasteiger partial charge < -0.3 is 4.74 Å². The molecule has 0 radical (unpaired) electrons. The number of hydrogen-bond acceptors (Lipinski definition) is 4. The van der Waals surface area contributed by atoms with E-state index >= 15 is 0 Å². The minimum absolute atomic E-state index is 0.207. The fraction of sp³-hybridized carbons (Fsp3) is 0.111. The number of anilines is 1. The molecule has 3 nitrogen and oxygen atoms in total. The number of thioether (sulfide) groups is 1. The fourth-order valence-corrected chi connectivity index (χ4v) is 3.59. The Morgan fingerprint density at radius 2 is 1.92 bits per heavy atom. The molecule has 1 aliphatic heterocycles. The van der Waals surface area contributed by atoms with E-state index < -0.39 is 0 Å². The second-order valence-corrected chi connectivity index (χ2v) is 6.65. The van der Waals surface area contributed by atoms with Gasteiger partial charge >= 0.3 is 0 Å². The lowest BCUT2D eigenvalue weighted by molar-refractivity contribution is -0.113. The van der Waals surface area contributed by atoms with Gasteiger partial charge in [0.25, 0.3) is 5.91 Å². The molecule has 24 heavy (non-hydrogen) atoms. The summed E-state index contributed by atoms with van der Waals surface area (Å²) in [5.41, 5.74) is 1.37. The quantitative estimate of drug-likeness (QED) is 0.588. The average molecular weight is 359 g/mol. The zero-order valence-electron chi connectivity index (χ0n) is 12.9. The number of thiocarbonyl (C=S) groups is 1. The molecule has 122 valence electrons. The van der Waals surface area contributed by atoms with Gasteiger partial charge in [0, 0.05) is 0 Å². The fourth-order valence-electron chi connectivity index (χ4n) is 2.31. The maximum Gasteiger partial charge on any atom is 0.270 e. The molecule has 0 aromatic heterocycles. The van der Waals surface area contributed by atoms with E-state index in [4.69, 9.17) is 17.0 Å². The van der Waals surface area contributed by atoms with Crippen LogP contribution in [0.3, 0.4) is 0 Å². The molecule has 1 fully saturated rings. The Bertz CT molecular complexity index is 818. The highest BCUT2D eigenvalue weighted by molar-refractivity contribution is 8.27. The number of carbonyl (C=O) groups is 1. The Balaban J connectivity index is 1.94. The lowest BCUT2D eigenvalue weighted by Gasteiger charge is -2.18. The molecule has 2 aromatic rings. The molecule has 1 heterocycles. The lowest BCUT2D eigenvalue weighted by atomic mass is 10.2. The third-order valence-corrected chi connectivity index (χ3v) is 4.67. The van der Waals surface area contributed by atoms with Gasteiger partial charge in [-0.05, 0) is 42.8 Å². The van der Waals surface area contributed by atoms with E-state index in [-0.39, 0.29) is 11.7 Å². The predicted octanol–water partition coefficient (Wildman–Crippen LogP) is 4.63. The van der Waals surface area contributed by atoms with Gasteiger partial charge in [0.15, 0.2) is 4.32 Å². The number of rotatable bonds is 4. The first-order valence-corrected chi connectivity index (χ1v) is 8.58. The van der Waals surface area contributed by atoms with Crippen LogP contribution in [0.2, 0.25) is 0 Å². The Morgan fingerprint density at radius 1 is 1.21 bits per heavy atom. The van der Waals surface area contributed by atoms with Gasteiger partial charge in [0.2, 0.25) is 0 Å². The first kappa shape index (κ1) is 16.7. The SMILES string of the molecule is CCOc1ccccc1N1C(=O)C(=Cc2ccc(F)cc2)SC1=S. The zero-order chi connectivity index (χ0) is 17.1. The van der Waals surface area contributed by atoms with Crippen molar-refractivity contribution >= 4 is 46.0 Å². The Morgan fingerprint density at radius 3 is 2.62 bits per heavy atom. The van der Waals surface area contributed by atoms with Crippen LogP contribution in [-0.4, -0.2) is 16.8 Å². The van der Waals surface area contributed by atoms with Gasteiger partial charge in [-0.3, -0.25) is 9.69 Å². The number of ether oxygens (including phenoxy) is 1. The summed E-state index contributed by atoms with van der Waals surface area (Å²) >= 11 is 6.59. The van der Waals surface area contributed by atoms with Crippen molar-refractivity contribution in [1.82, 2.24) is 0 Å². The van der Waals surface area contributed by atoms with Crippen LogP contribution in [0, 0.1) is 5.82 Å². The molecule has 0 N–H and O–H groups in total. The molecular weight excluding hydrogens is 345 g/mol. The monoisotopic (exact) mass is 359 g/mol. The van der Waals surface area contributed by atoms with E-state index in [0.717, 1.165) is 5.56 Å². The molecule has 1 saturated heterocycles. The van der Waals surface area contributed by atoms with Crippen molar-refractivity contribution in [2.75, 3.05) is 11.5 Å². The summed E-state index contributed by atoms with van der Waals surface area (Å²) in [5.74, 6) is 0.0890. The largest absolute Gasteiger partial charge is 0.492 e. The van der Waals surface area contributed by atoms with Gasteiger partial charge in [-0.2, -0.15) is 0 Å². The summed E-state index contributed by atoms with van der Waals surface area (Å²) in [6.07, 6.45) is 1.71. The maximum absolute atomic E-state index is 13.0. The van der Waals surface area contributed by atoms with Crippen LogP contribution in [-0.2, 0) is 4.79 Å². The molecular formula is C18H14FNO2S2. The van der Waals surface area contributed by atoms with Crippen molar-refractivity contribution < 1.29 is 13.9 Å². The van der Waals surface area contributed by atoms with Crippen LogP contribution in [0.15, 0.2) is 53.4 Å². The molecule has 0 atom stereocenters. The Hall–Kier alpha value is -2.18. The van der Waals surface area contributed by atoms with Crippen LogP contribution in [0.5, 0.6) is 5.75 Å². The number of benzene rings is 2. The second-order valence-electron chi connectivity index (χ2n) is 4.97. The van der Waals surface area contributed by atoms with Crippen molar-refractivity contribution in [3.8, 4) is 5.75 Å². The molecule has 6 heteroatoms. The van der Waals surface area contributed by atoms with Crippen molar-refractivity contribution in [1.29, 1.82) is 0 Å². The molecule has 3 rings (SSSR count). The van der Waals surface area contributed by atoms with Gasteiger partial charge in [-0.15, -0.1) is 0 Å². The van der Waals surface area contributed by atoms with Gasteiger partial charge in [-0.25, -0.2) is 4.39 Å². The van der Waals surface area contributed by atoms with E-state index in [0.29, 0.717) is 27.3 Å². The number of halogens is 1. The van der Waals surface area contributed by atoms with Crippen molar-refractivity contribution in [3.63, 3.8) is 0 Å². The summed E-state index contributed by atoms with van der Waals surface area (Å²) in [4.78, 5) is 14.7. The van der Waals surface area contributed by atoms with E-state index in [9.17, 15) is 9.18 Å². The molecule has 0 unspecified atom stereocenters. The summed E-state index contributed by atoms with van der Waals surface area (Å²) in [6, 6.07) is 13.2. The zero-order valence-corrected chi connectivity index (χ0v) is 14.5. The highest BCUT2D eigenvalue weighted by atomic mass is 32.2. The van der Waals surface area contributed by atoms with E-state index in [2.05, 4.69) is 0 Å². The summed E-state index contributed by atoms with van der Waals surface area (Å²) in [5, 5.41) is 0. The first-order valence-electron chi connectivity index (χ1n) is 7.35. The van der Waals surface area contributed by atoms with Crippen molar-refractivity contribution in [2.24, 2.45) is 0 Å². The van der Waals surface area contributed by atoms with Crippen LogP contribution in [0.4, 0.5) is 10.1 Å². The van der Waals surface area contributed by atoms with Crippen LogP contribution in [0.25, 0.3) is 6.08 Å². The predicted molar refractivity (Wildman–Crippen MR) is 99.7 cm³/mol. The highest BCUT2D eigenvalue weighted by Crippen LogP contribution is 2.39. The molecule has 0 aliphatic carbocycles. The van der Waals surface area contributed by atoms with E-state index in [1.165, 1.54) is 28.8 Å². The van der Waals surface area contributed by atoms with Gasteiger partial charge in [0.05, 0.1) is 17.2 Å². The number of nitrogens with zero attached hydrogens (tertiary/aromatic N) is 1. The number of carbonyl (C=O) groups excluding carboxylic acids is 1. The summed E-state index contributed by atoms with van der Waals surface area (Å²) in [6.45, 7) is 2.38. The smallest absolute Gasteiger partial charge is 0.270 e. The van der Waals surface area contributed by atoms with Gasteiger partial charge in [0.1, 0.15) is 11.6 Å². The van der Waals surface area contributed by atoms with E-state index in [1.54, 1.807) is 30.3 Å². The molecule has 0 bridgehead atoms. The standard InChI is InChI=1S/C18H14FNO2S2/c1-2-22-15-6-4-3-5-14(15)20-17(21)16(24-18(20)23)11-12-7-9-13(19)10-8-12/h3-11H,2H2,1H3. The third kappa shape index (κ3) is 3.34. The lowest BCUT2D eigenvalue weighted by Crippen LogP contribution is -2.28. The van der Waals surface area contributed by atoms with Crippen LogP contribution >= 0.6 is 24.0 Å². The highest BCUT2D eigenvalue weighted by Gasteiger charge is 2.34. The molecule has 0 spiro atoms. The molecule has 1 aliphatic rings. The number of hydrogen-bond donors (Lipinski definition) is 0. The van der Waals surface area contributed by atoms with Crippen LogP contribution < -0.4 is 9.64 Å². The third-order valence-electron chi connectivity index (χ3n) is 3.37. The number of amides is 1.